The van der Waals surface area contributed by atoms with Gasteiger partial charge in [-0.15, -0.1) is 0 Å². The molecular weight excluding hydrogens is 258 g/mol. The van der Waals surface area contributed by atoms with Gasteiger partial charge < -0.3 is 10.1 Å². The molecule has 1 atom stereocenters. The molecule has 0 amide bonds. The first kappa shape index (κ1) is 15.4. The fourth-order valence-corrected chi connectivity index (χ4v) is 2.64. The Kier molecular flexibility index (Phi) is 5.26. The van der Waals surface area contributed by atoms with Crippen LogP contribution >= 0.6 is 0 Å². The van der Waals surface area contributed by atoms with Gasteiger partial charge in [0.1, 0.15) is 11.9 Å². The largest absolute Gasteiger partial charge is 0.489 e. The summed E-state index contributed by atoms with van der Waals surface area (Å²) < 4.78 is 6.03. The van der Waals surface area contributed by atoms with E-state index in [-0.39, 0.29) is 6.10 Å². The molecule has 0 aliphatic heterocycles. The highest BCUT2D eigenvalue weighted by Crippen LogP contribution is 2.22. The Bertz CT molecular complexity index is 554. The van der Waals surface area contributed by atoms with Crippen molar-refractivity contribution in [3.05, 3.63) is 59.2 Å². The van der Waals surface area contributed by atoms with Crippen molar-refractivity contribution in [1.29, 1.82) is 0 Å². The number of hydrogen-bond acceptors (Lipinski definition) is 2. The van der Waals surface area contributed by atoms with Crippen molar-refractivity contribution in [2.75, 3.05) is 11.9 Å². The van der Waals surface area contributed by atoms with E-state index in [2.05, 4.69) is 45.1 Å². The van der Waals surface area contributed by atoms with E-state index < -0.39 is 0 Å². The number of nitrogens with one attached hydrogen (secondary N) is 1. The van der Waals surface area contributed by atoms with Gasteiger partial charge in [0, 0.05) is 5.69 Å². The molecule has 0 heterocycles. The van der Waals surface area contributed by atoms with E-state index in [1.807, 2.05) is 30.3 Å². The lowest BCUT2D eigenvalue weighted by molar-refractivity contribution is 0.210. The predicted molar refractivity (Wildman–Crippen MR) is 90.3 cm³/mol. The van der Waals surface area contributed by atoms with Gasteiger partial charge in [0.05, 0.1) is 6.54 Å². The summed E-state index contributed by atoms with van der Waals surface area (Å²) >= 11 is 0. The normalized spacial score (nSPS) is 12.0. The Hall–Kier alpha value is -1.96. The monoisotopic (exact) mass is 283 g/mol. The van der Waals surface area contributed by atoms with Gasteiger partial charge >= 0.3 is 0 Å². The van der Waals surface area contributed by atoms with Gasteiger partial charge in [0.25, 0.3) is 0 Å². The van der Waals surface area contributed by atoms with E-state index in [0.717, 1.165) is 18.7 Å². The number of para-hydroxylation sites is 1. The first-order chi connectivity index (χ1) is 10.1. The van der Waals surface area contributed by atoms with Crippen LogP contribution in [0.4, 0.5) is 5.69 Å². The SMILES string of the molecule is CCC(CNc1c(C)cc(C)cc1C)Oc1ccccc1. The van der Waals surface area contributed by atoms with Gasteiger partial charge in [-0.05, 0) is 50.5 Å². The molecule has 2 nitrogen and oxygen atoms in total. The molecule has 0 saturated carbocycles. The molecule has 112 valence electrons. The molecule has 0 aromatic heterocycles. The summed E-state index contributed by atoms with van der Waals surface area (Å²) in [5, 5.41) is 3.55. The molecule has 2 heteroatoms. The lowest BCUT2D eigenvalue weighted by Crippen LogP contribution is -2.26. The summed E-state index contributed by atoms with van der Waals surface area (Å²) in [4.78, 5) is 0. The molecule has 21 heavy (non-hydrogen) atoms. The second kappa shape index (κ2) is 7.16. The van der Waals surface area contributed by atoms with Crippen LogP contribution in [0.15, 0.2) is 42.5 Å². The van der Waals surface area contributed by atoms with Crippen LogP contribution in [0.25, 0.3) is 0 Å². The van der Waals surface area contributed by atoms with Crippen LogP contribution in [0.2, 0.25) is 0 Å². The van der Waals surface area contributed by atoms with Crippen LogP contribution in [0.1, 0.15) is 30.0 Å². The Morgan fingerprint density at radius 2 is 1.62 bits per heavy atom. The molecule has 0 radical (unpaired) electrons. The molecule has 0 spiro atoms. The van der Waals surface area contributed by atoms with Gasteiger partial charge in [-0.1, -0.05) is 42.8 Å². The maximum atomic E-state index is 6.03. The van der Waals surface area contributed by atoms with Crippen LogP contribution in [0, 0.1) is 20.8 Å². The fourth-order valence-electron chi connectivity index (χ4n) is 2.64. The van der Waals surface area contributed by atoms with Crippen LogP contribution in [0.5, 0.6) is 5.75 Å². The molecule has 0 aliphatic carbocycles. The van der Waals surface area contributed by atoms with Crippen molar-refractivity contribution in [2.45, 2.75) is 40.2 Å². The Balaban J connectivity index is 2.00. The van der Waals surface area contributed by atoms with Crippen LogP contribution in [-0.4, -0.2) is 12.6 Å². The van der Waals surface area contributed by atoms with Crippen molar-refractivity contribution in [1.82, 2.24) is 0 Å². The molecule has 0 saturated heterocycles. The first-order valence-corrected chi connectivity index (χ1v) is 7.63. The van der Waals surface area contributed by atoms with Crippen LogP contribution < -0.4 is 10.1 Å². The van der Waals surface area contributed by atoms with Gasteiger partial charge in [-0.25, -0.2) is 0 Å². The maximum Gasteiger partial charge on any atom is 0.119 e. The molecule has 1 unspecified atom stereocenters. The summed E-state index contributed by atoms with van der Waals surface area (Å²) in [6, 6.07) is 14.5. The average Bonchev–Trinajstić information content (AvgIpc) is 2.46. The number of benzene rings is 2. The van der Waals surface area contributed by atoms with E-state index in [1.165, 1.54) is 22.4 Å². The molecular formula is C19H25NO. The van der Waals surface area contributed by atoms with Gasteiger partial charge in [-0.3, -0.25) is 0 Å². The third kappa shape index (κ3) is 4.25. The molecule has 1 N–H and O–H groups in total. The molecule has 0 bridgehead atoms. The summed E-state index contributed by atoms with van der Waals surface area (Å²) in [5.41, 5.74) is 5.13. The zero-order chi connectivity index (χ0) is 15.2. The molecule has 0 fully saturated rings. The summed E-state index contributed by atoms with van der Waals surface area (Å²) in [6.07, 6.45) is 1.15. The van der Waals surface area contributed by atoms with E-state index >= 15 is 0 Å². The minimum absolute atomic E-state index is 0.174. The lowest BCUT2D eigenvalue weighted by Gasteiger charge is -2.21. The van der Waals surface area contributed by atoms with E-state index in [9.17, 15) is 0 Å². The number of aryl methyl sites for hydroxylation is 3. The third-order valence-corrected chi connectivity index (χ3v) is 3.68. The summed E-state index contributed by atoms with van der Waals surface area (Å²) in [7, 11) is 0. The number of hydrogen-bond donors (Lipinski definition) is 1. The standard InChI is InChI=1S/C19H25NO/c1-5-17(21-18-9-7-6-8-10-18)13-20-19-15(3)11-14(2)12-16(19)4/h6-12,17,20H,5,13H2,1-4H3. The number of ether oxygens (including phenoxy) is 1. The first-order valence-electron chi connectivity index (χ1n) is 7.63. The minimum atomic E-state index is 0.174. The van der Waals surface area contributed by atoms with Crippen LogP contribution in [-0.2, 0) is 0 Å². The second-order valence-electron chi connectivity index (χ2n) is 5.62. The summed E-state index contributed by atoms with van der Waals surface area (Å²) in [6.45, 7) is 9.42. The zero-order valence-electron chi connectivity index (χ0n) is 13.4. The van der Waals surface area contributed by atoms with E-state index in [0.29, 0.717) is 0 Å². The van der Waals surface area contributed by atoms with Crippen molar-refractivity contribution < 1.29 is 4.74 Å². The second-order valence-corrected chi connectivity index (χ2v) is 5.62. The van der Waals surface area contributed by atoms with Gasteiger partial charge in [0.2, 0.25) is 0 Å². The topological polar surface area (TPSA) is 21.3 Å². The van der Waals surface area contributed by atoms with Crippen molar-refractivity contribution in [2.24, 2.45) is 0 Å². The zero-order valence-corrected chi connectivity index (χ0v) is 13.4. The van der Waals surface area contributed by atoms with Gasteiger partial charge in [-0.2, -0.15) is 0 Å². The molecule has 0 aliphatic rings. The third-order valence-electron chi connectivity index (χ3n) is 3.68. The number of anilines is 1. The Morgan fingerprint density at radius 3 is 2.19 bits per heavy atom. The Labute approximate surface area is 128 Å². The van der Waals surface area contributed by atoms with E-state index in [4.69, 9.17) is 4.74 Å². The highest BCUT2D eigenvalue weighted by atomic mass is 16.5. The Morgan fingerprint density at radius 1 is 1.00 bits per heavy atom. The quantitative estimate of drug-likeness (QED) is 0.815. The van der Waals surface area contributed by atoms with Crippen molar-refractivity contribution in [3.8, 4) is 5.75 Å². The van der Waals surface area contributed by atoms with E-state index in [1.54, 1.807) is 0 Å². The molecule has 2 rings (SSSR count). The molecule has 2 aromatic rings. The predicted octanol–water partition coefficient (Wildman–Crippen LogP) is 4.88. The minimum Gasteiger partial charge on any atom is -0.489 e. The number of rotatable bonds is 6. The molecule has 2 aromatic carbocycles. The highest BCUT2D eigenvalue weighted by molar-refractivity contribution is 5.58. The smallest absolute Gasteiger partial charge is 0.119 e. The summed E-state index contributed by atoms with van der Waals surface area (Å²) in [5.74, 6) is 0.934. The highest BCUT2D eigenvalue weighted by Gasteiger charge is 2.10. The van der Waals surface area contributed by atoms with Crippen molar-refractivity contribution in [3.63, 3.8) is 0 Å². The fraction of sp³-hybridized carbons (Fsp3) is 0.368. The van der Waals surface area contributed by atoms with Crippen LogP contribution in [0.3, 0.4) is 0 Å². The maximum absolute atomic E-state index is 6.03. The van der Waals surface area contributed by atoms with Gasteiger partial charge in [0.15, 0.2) is 0 Å². The average molecular weight is 283 g/mol. The lowest BCUT2D eigenvalue weighted by atomic mass is 10.0. The van der Waals surface area contributed by atoms with Crippen molar-refractivity contribution >= 4 is 5.69 Å².